The molecule has 100 valence electrons. The van der Waals surface area contributed by atoms with Gasteiger partial charge in [0.15, 0.2) is 5.89 Å². The molecule has 0 aliphatic carbocycles. The number of nitrogen functional groups attached to an aromatic ring is 1. The second-order valence-corrected chi connectivity index (χ2v) is 4.56. The fourth-order valence-corrected chi connectivity index (χ4v) is 2.01. The van der Waals surface area contributed by atoms with E-state index in [1.165, 1.54) is 0 Å². The van der Waals surface area contributed by atoms with Crippen LogP contribution in [0.1, 0.15) is 11.5 Å². The third-order valence-electron chi connectivity index (χ3n) is 3.07. The monoisotopic (exact) mass is 266 g/mol. The van der Waals surface area contributed by atoms with E-state index in [1.807, 2.05) is 30.3 Å². The summed E-state index contributed by atoms with van der Waals surface area (Å²) >= 11 is 0. The Labute approximate surface area is 116 Å². The lowest BCUT2D eigenvalue weighted by Gasteiger charge is -2.00. The summed E-state index contributed by atoms with van der Waals surface area (Å²) in [7, 11) is 0. The molecule has 20 heavy (non-hydrogen) atoms. The average molecular weight is 266 g/mol. The van der Waals surface area contributed by atoms with E-state index in [4.69, 9.17) is 10.2 Å². The van der Waals surface area contributed by atoms with Crippen molar-refractivity contribution in [3.63, 3.8) is 0 Å². The van der Waals surface area contributed by atoms with Gasteiger partial charge in [-0.05, 0) is 23.8 Å². The van der Waals surface area contributed by atoms with Gasteiger partial charge in [0.25, 0.3) is 0 Å². The topological polar surface area (TPSA) is 72.3 Å². The van der Waals surface area contributed by atoms with Gasteiger partial charge in [-0.3, -0.25) is 0 Å². The van der Waals surface area contributed by atoms with Gasteiger partial charge in [0.1, 0.15) is 17.7 Å². The Hall–Kier alpha value is -2.75. The molecule has 0 atom stereocenters. The minimum Gasteiger partial charge on any atom is -0.506 e. The van der Waals surface area contributed by atoms with Crippen LogP contribution >= 0.6 is 0 Å². The van der Waals surface area contributed by atoms with Crippen LogP contribution in [0.15, 0.2) is 59.2 Å². The van der Waals surface area contributed by atoms with Crippen molar-refractivity contribution in [1.82, 2.24) is 4.98 Å². The number of aromatic hydroxyl groups is 1. The van der Waals surface area contributed by atoms with Crippen molar-refractivity contribution in [2.24, 2.45) is 0 Å². The Kier molecular flexibility index (Phi) is 3.13. The van der Waals surface area contributed by atoms with E-state index in [0.29, 0.717) is 23.7 Å². The molecule has 2 aromatic carbocycles. The minimum atomic E-state index is 0.0711. The Morgan fingerprint density at radius 3 is 2.65 bits per heavy atom. The lowest BCUT2D eigenvalue weighted by molar-refractivity contribution is 0.478. The molecule has 0 saturated carbocycles. The maximum absolute atomic E-state index is 9.42. The third-order valence-corrected chi connectivity index (χ3v) is 3.07. The molecule has 0 spiro atoms. The van der Waals surface area contributed by atoms with E-state index in [2.05, 4.69) is 4.98 Å². The van der Waals surface area contributed by atoms with Gasteiger partial charge >= 0.3 is 0 Å². The number of rotatable bonds is 3. The molecule has 3 rings (SSSR count). The van der Waals surface area contributed by atoms with E-state index in [9.17, 15) is 5.11 Å². The number of anilines is 1. The highest BCUT2D eigenvalue weighted by Crippen LogP contribution is 2.27. The number of oxazole rings is 1. The second-order valence-electron chi connectivity index (χ2n) is 4.56. The van der Waals surface area contributed by atoms with Gasteiger partial charge in [-0.2, -0.15) is 0 Å². The summed E-state index contributed by atoms with van der Waals surface area (Å²) in [6.45, 7) is 0. The Balaban J connectivity index is 1.84. The molecule has 4 nitrogen and oxygen atoms in total. The van der Waals surface area contributed by atoms with Crippen LogP contribution in [0.2, 0.25) is 0 Å². The molecule has 0 unspecified atom stereocenters. The Morgan fingerprint density at radius 2 is 1.90 bits per heavy atom. The first kappa shape index (κ1) is 12.3. The van der Waals surface area contributed by atoms with Crippen molar-refractivity contribution in [2.45, 2.75) is 6.42 Å². The molecule has 4 heteroatoms. The van der Waals surface area contributed by atoms with E-state index in [1.54, 1.807) is 24.5 Å². The average Bonchev–Trinajstić information content (AvgIpc) is 2.91. The van der Waals surface area contributed by atoms with E-state index in [0.717, 1.165) is 11.1 Å². The Morgan fingerprint density at radius 1 is 1.10 bits per heavy atom. The molecule has 0 amide bonds. The highest BCUT2D eigenvalue weighted by atomic mass is 16.3. The van der Waals surface area contributed by atoms with Crippen molar-refractivity contribution < 1.29 is 9.52 Å². The van der Waals surface area contributed by atoms with Gasteiger partial charge in [-0.25, -0.2) is 4.98 Å². The number of benzene rings is 2. The zero-order valence-corrected chi connectivity index (χ0v) is 10.8. The highest BCUT2D eigenvalue weighted by Gasteiger charge is 2.08. The molecule has 1 heterocycles. The van der Waals surface area contributed by atoms with Crippen LogP contribution in [0.25, 0.3) is 11.3 Å². The summed E-state index contributed by atoms with van der Waals surface area (Å²) in [6.07, 6.45) is 2.25. The maximum Gasteiger partial charge on any atom is 0.198 e. The van der Waals surface area contributed by atoms with Crippen LogP contribution in [0.4, 0.5) is 5.69 Å². The number of aromatic nitrogens is 1. The molecular formula is C16H14N2O2. The van der Waals surface area contributed by atoms with Crippen LogP contribution in [0.3, 0.4) is 0 Å². The quantitative estimate of drug-likeness (QED) is 0.564. The molecule has 3 aromatic rings. The van der Waals surface area contributed by atoms with Crippen LogP contribution in [-0.4, -0.2) is 10.1 Å². The molecule has 0 aliphatic rings. The standard InChI is InChI=1S/C16H14N2O2/c17-13-9-12(6-7-15(13)19)14-10-20-16(18-14)8-11-4-2-1-3-5-11/h1-7,9-10,19H,8,17H2. The second kappa shape index (κ2) is 5.09. The van der Waals surface area contributed by atoms with Crippen LogP contribution in [-0.2, 0) is 6.42 Å². The number of phenolic OH excluding ortho intramolecular Hbond substituents is 1. The van der Waals surface area contributed by atoms with Gasteiger partial charge in [-0.1, -0.05) is 30.3 Å². The van der Waals surface area contributed by atoms with E-state index >= 15 is 0 Å². The molecule has 1 aromatic heterocycles. The number of hydrogen-bond acceptors (Lipinski definition) is 4. The summed E-state index contributed by atoms with van der Waals surface area (Å²) in [5.74, 6) is 0.722. The lowest BCUT2D eigenvalue weighted by Crippen LogP contribution is -1.89. The summed E-state index contributed by atoms with van der Waals surface area (Å²) in [6, 6.07) is 15.0. The molecule has 0 saturated heterocycles. The highest BCUT2D eigenvalue weighted by molar-refractivity contribution is 5.67. The van der Waals surface area contributed by atoms with Crippen molar-refractivity contribution in [2.75, 3.05) is 5.73 Å². The largest absolute Gasteiger partial charge is 0.506 e. The number of nitrogens with zero attached hydrogens (tertiary/aromatic N) is 1. The zero-order chi connectivity index (χ0) is 13.9. The summed E-state index contributed by atoms with van der Waals surface area (Å²) in [5.41, 5.74) is 8.69. The summed E-state index contributed by atoms with van der Waals surface area (Å²) in [4.78, 5) is 4.44. The van der Waals surface area contributed by atoms with Crippen molar-refractivity contribution >= 4 is 5.69 Å². The maximum atomic E-state index is 9.42. The summed E-state index contributed by atoms with van der Waals surface area (Å²) < 4.78 is 5.48. The number of nitrogens with two attached hydrogens (primary N) is 1. The van der Waals surface area contributed by atoms with Gasteiger partial charge in [0.2, 0.25) is 0 Å². The van der Waals surface area contributed by atoms with Crippen LogP contribution in [0.5, 0.6) is 5.75 Å². The normalized spacial score (nSPS) is 10.6. The van der Waals surface area contributed by atoms with Gasteiger partial charge in [0, 0.05) is 12.0 Å². The van der Waals surface area contributed by atoms with Gasteiger partial charge < -0.3 is 15.3 Å². The van der Waals surface area contributed by atoms with Crippen molar-refractivity contribution in [1.29, 1.82) is 0 Å². The lowest BCUT2D eigenvalue weighted by atomic mass is 10.1. The van der Waals surface area contributed by atoms with Crippen molar-refractivity contribution in [3.05, 3.63) is 66.2 Å². The summed E-state index contributed by atoms with van der Waals surface area (Å²) in [5, 5.41) is 9.42. The number of phenols is 1. The van der Waals surface area contributed by atoms with Crippen LogP contribution in [0, 0.1) is 0 Å². The predicted molar refractivity (Wildman–Crippen MR) is 77.3 cm³/mol. The first-order chi connectivity index (χ1) is 9.72. The molecule has 3 N–H and O–H groups in total. The van der Waals surface area contributed by atoms with Crippen LogP contribution < -0.4 is 5.73 Å². The third kappa shape index (κ3) is 2.49. The molecule has 0 fully saturated rings. The molecule has 0 bridgehead atoms. The van der Waals surface area contributed by atoms with Gasteiger partial charge in [-0.15, -0.1) is 0 Å². The first-order valence-corrected chi connectivity index (χ1v) is 6.29. The Bertz CT molecular complexity index is 720. The molecule has 0 aliphatic heterocycles. The minimum absolute atomic E-state index is 0.0711. The van der Waals surface area contributed by atoms with E-state index in [-0.39, 0.29) is 5.75 Å². The predicted octanol–water partition coefficient (Wildman–Crippen LogP) is 3.22. The number of hydrogen-bond donors (Lipinski definition) is 2. The fraction of sp³-hybridized carbons (Fsp3) is 0.0625. The van der Waals surface area contributed by atoms with Crippen molar-refractivity contribution in [3.8, 4) is 17.0 Å². The van der Waals surface area contributed by atoms with Gasteiger partial charge in [0.05, 0.1) is 5.69 Å². The zero-order valence-electron chi connectivity index (χ0n) is 10.8. The first-order valence-electron chi connectivity index (χ1n) is 6.29. The fourth-order valence-electron chi connectivity index (χ4n) is 2.01. The SMILES string of the molecule is Nc1cc(-c2coc(Cc3ccccc3)n2)ccc1O. The van der Waals surface area contributed by atoms with E-state index < -0.39 is 0 Å². The molecular weight excluding hydrogens is 252 g/mol. The molecule has 0 radical (unpaired) electrons. The smallest absolute Gasteiger partial charge is 0.198 e.